The molecule has 2 N–H and O–H groups in total. The van der Waals surface area contributed by atoms with Crippen LogP contribution in [-0.2, 0) is 0 Å². The zero-order chi connectivity index (χ0) is 17.2. The molecule has 0 aliphatic carbocycles. The van der Waals surface area contributed by atoms with E-state index in [4.69, 9.17) is 0 Å². The fourth-order valence-corrected chi connectivity index (χ4v) is 3.60. The van der Waals surface area contributed by atoms with Crippen molar-refractivity contribution >= 4 is 16.9 Å². The summed E-state index contributed by atoms with van der Waals surface area (Å²) in [6, 6.07) is 9.10. The van der Waals surface area contributed by atoms with E-state index in [9.17, 15) is 4.39 Å². The Kier molecular flexibility index (Phi) is 4.36. The summed E-state index contributed by atoms with van der Waals surface area (Å²) in [4.78, 5) is 14.4. The summed E-state index contributed by atoms with van der Waals surface area (Å²) >= 11 is 0. The normalized spacial score (nSPS) is 16.4. The summed E-state index contributed by atoms with van der Waals surface area (Å²) in [5.74, 6) is 0.637. The van der Waals surface area contributed by atoms with Crippen LogP contribution >= 0.6 is 0 Å². The van der Waals surface area contributed by atoms with Crippen LogP contribution in [0.5, 0.6) is 0 Å². The molecule has 1 aliphatic rings. The van der Waals surface area contributed by atoms with E-state index in [1.54, 1.807) is 6.33 Å². The van der Waals surface area contributed by atoms with Gasteiger partial charge in [-0.2, -0.15) is 0 Å². The third-order valence-electron chi connectivity index (χ3n) is 4.86. The highest BCUT2D eigenvalue weighted by molar-refractivity contribution is 5.87. The molecule has 3 aromatic rings. The van der Waals surface area contributed by atoms with Crippen molar-refractivity contribution in [2.45, 2.75) is 25.8 Å². The molecule has 1 fully saturated rings. The van der Waals surface area contributed by atoms with E-state index in [-0.39, 0.29) is 11.9 Å². The zero-order valence-electron chi connectivity index (χ0n) is 14.3. The molecule has 4 rings (SSSR count). The number of likely N-dealkylation sites (tertiary alicyclic amines) is 1. The largest absolute Gasteiger partial charge is 0.367 e. The van der Waals surface area contributed by atoms with E-state index in [1.165, 1.54) is 25.0 Å². The standard InChI is InChI=1S/C19H22FN5/c1-13-10-16-18(22-12-23-19(16)24-13)21-11-17(25-8-2-3-9-25)14-4-6-15(20)7-5-14/h4-7,10,12,17H,2-3,8-9,11H2,1H3,(H2,21,22,23,24). The Hall–Kier alpha value is -2.47. The van der Waals surface area contributed by atoms with Gasteiger partial charge < -0.3 is 10.3 Å². The van der Waals surface area contributed by atoms with Gasteiger partial charge in [0.25, 0.3) is 0 Å². The number of aromatic amines is 1. The lowest BCUT2D eigenvalue weighted by Crippen LogP contribution is -2.31. The Bertz CT molecular complexity index is 852. The van der Waals surface area contributed by atoms with Gasteiger partial charge in [0.05, 0.1) is 11.4 Å². The van der Waals surface area contributed by atoms with Crippen LogP contribution in [0.25, 0.3) is 11.0 Å². The average Bonchev–Trinajstić information content (AvgIpc) is 3.25. The van der Waals surface area contributed by atoms with E-state index in [0.29, 0.717) is 0 Å². The topological polar surface area (TPSA) is 56.8 Å². The molecular formula is C19H22FN5. The number of hydrogen-bond donors (Lipinski definition) is 2. The van der Waals surface area contributed by atoms with Gasteiger partial charge in [0.15, 0.2) is 0 Å². The Morgan fingerprint density at radius 1 is 1.20 bits per heavy atom. The summed E-state index contributed by atoms with van der Waals surface area (Å²) < 4.78 is 13.3. The van der Waals surface area contributed by atoms with Crippen molar-refractivity contribution in [3.05, 3.63) is 53.7 Å². The van der Waals surface area contributed by atoms with Crippen molar-refractivity contribution in [1.82, 2.24) is 19.9 Å². The van der Waals surface area contributed by atoms with Gasteiger partial charge in [0.1, 0.15) is 23.6 Å². The van der Waals surface area contributed by atoms with Gasteiger partial charge >= 0.3 is 0 Å². The van der Waals surface area contributed by atoms with E-state index in [0.717, 1.165) is 47.7 Å². The van der Waals surface area contributed by atoms with E-state index in [1.807, 2.05) is 19.1 Å². The monoisotopic (exact) mass is 339 g/mol. The number of aromatic nitrogens is 3. The number of aryl methyl sites for hydroxylation is 1. The Morgan fingerprint density at radius 3 is 2.72 bits per heavy atom. The molecule has 6 heteroatoms. The van der Waals surface area contributed by atoms with Crippen molar-refractivity contribution in [3.63, 3.8) is 0 Å². The lowest BCUT2D eigenvalue weighted by atomic mass is 10.1. The van der Waals surface area contributed by atoms with Crippen LogP contribution in [0.15, 0.2) is 36.7 Å². The zero-order valence-corrected chi connectivity index (χ0v) is 14.3. The van der Waals surface area contributed by atoms with Crippen LogP contribution < -0.4 is 5.32 Å². The maximum absolute atomic E-state index is 13.3. The molecule has 1 saturated heterocycles. The highest BCUT2D eigenvalue weighted by Gasteiger charge is 2.23. The molecule has 0 spiro atoms. The smallest absolute Gasteiger partial charge is 0.143 e. The van der Waals surface area contributed by atoms with Crippen molar-refractivity contribution in [2.24, 2.45) is 0 Å². The van der Waals surface area contributed by atoms with Crippen LogP contribution in [0.3, 0.4) is 0 Å². The van der Waals surface area contributed by atoms with Crippen LogP contribution in [0.1, 0.15) is 30.1 Å². The van der Waals surface area contributed by atoms with Gasteiger partial charge in [0.2, 0.25) is 0 Å². The maximum atomic E-state index is 13.3. The molecule has 3 heterocycles. The molecule has 25 heavy (non-hydrogen) atoms. The molecular weight excluding hydrogens is 317 g/mol. The number of nitrogens with one attached hydrogen (secondary N) is 2. The molecule has 1 aromatic carbocycles. The Labute approximate surface area is 146 Å². The molecule has 0 amide bonds. The molecule has 5 nitrogen and oxygen atoms in total. The van der Waals surface area contributed by atoms with Crippen LogP contribution in [-0.4, -0.2) is 39.5 Å². The second kappa shape index (κ2) is 6.80. The molecule has 2 aromatic heterocycles. The fourth-order valence-electron chi connectivity index (χ4n) is 3.60. The van der Waals surface area contributed by atoms with Crippen LogP contribution in [0.4, 0.5) is 10.2 Å². The van der Waals surface area contributed by atoms with Gasteiger partial charge in [-0.25, -0.2) is 14.4 Å². The van der Waals surface area contributed by atoms with Crippen LogP contribution in [0.2, 0.25) is 0 Å². The lowest BCUT2D eigenvalue weighted by Gasteiger charge is -2.28. The third kappa shape index (κ3) is 3.35. The van der Waals surface area contributed by atoms with E-state index in [2.05, 4.69) is 31.2 Å². The quantitative estimate of drug-likeness (QED) is 0.745. The Balaban J connectivity index is 1.58. The van der Waals surface area contributed by atoms with Gasteiger partial charge in [-0.1, -0.05) is 12.1 Å². The molecule has 0 bridgehead atoms. The number of benzene rings is 1. The molecule has 1 unspecified atom stereocenters. The molecule has 1 atom stereocenters. The van der Waals surface area contributed by atoms with Gasteiger partial charge in [-0.15, -0.1) is 0 Å². The predicted molar refractivity (Wildman–Crippen MR) is 97.1 cm³/mol. The Morgan fingerprint density at radius 2 is 1.96 bits per heavy atom. The van der Waals surface area contributed by atoms with Crippen molar-refractivity contribution in [2.75, 3.05) is 25.0 Å². The van der Waals surface area contributed by atoms with Crippen molar-refractivity contribution in [1.29, 1.82) is 0 Å². The minimum atomic E-state index is -0.197. The lowest BCUT2D eigenvalue weighted by molar-refractivity contribution is 0.256. The summed E-state index contributed by atoms with van der Waals surface area (Å²) in [6.45, 7) is 4.89. The molecule has 0 radical (unpaired) electrons. The highest BCUT2D eigenvalue weighted by atomic mass is 19.1. The van der Waals surface area contributed by atoms with E-state index < -0.39 is 0 Å². The second-order valence-electron chi connectivity index (χ2n) is 6.63. The first kappa shape index (κ1) is 16.0. The third-order valence-corrected chi connectivity index (χ3v) is 4.86. The fraction of sp³-hybridized carbons (Fsp3) is 0.368. The minimum absolute atomic E-state index is 0.197. The predicted octanol–water partition coefficient (Wildman–Crippen LogP) is 3.65. The average molecular weight is 339 g/mol. The van der Waals surface area contributed by atoms with Crippen molar-refractivity contribution < 1.29 is 4.39 Å². The number of halogens is 1. The highest BCUT2D eigenvalue weighted by Crippen LogP contribution is 2.27. The van der Waals surface area contributed by atoms with E-state index >= 15 is 0 Å². The first-order valence-corrected chi connectivity index (χ1v) is 8.74. The summed E-state index contributed by atoms with van der Waals surface area (Å²) in [6.07, 6.45) is 4.00. The second-order valence-corrected chi connectivity index (χ2v) is 6.63. The van der Waals surface area contributed by atoms with Gasteiger partial charge in [0, 0.05) is 12.2 Å². The maximum Gasteiger partial charge on any atom is 0.143 e. The first-order chi connectivity index (χ1) is 12.2. The number of anilines is 1. The number of rotatable bonds is 5. The summed E-state index contributed by atoms with van der Waals surface area (Å²) in [5.41, 5.74) is 3.04. The first-order valence-electron chi connectivity index (χ1n) is 8.74. The minimum Gasteiger partial charge on any atom is -0.367 e. The summed E-state index contributed by atoms with van der Waals surface area (Å²) in [7, 11) is 0. The number of nitrogens with zero attached hydrogens (tertiary/aromatic N) is 3. The van der Waals surface area contributed by atoms with Crippen LogP contribution in [0, 0.1) is 12.7 Å². The number of hydrogen-bond acceptors (Lipinski definition) is 4. The van der Waals surface area contributed by atoms with Crippen molar-refractivity contribution in [3.8, 4) is 0 Å². The molecule has 130 valence electrons. The molecule has 0 saturated carbocycles. The number of H-pyrrole nitrogens is 1. The number of fused-ring (bicyclic) bond motifs is 1. The summed E-state index contributed by atoms with van der Waals surface area (Å²) in [5, 5.41) is 4.48. The van der Waals surface area contributed by atoms with Gasteiger partial charge in [-0.3, -0.25) is 4.90 Å². The van der Waals surface area contributed by atoms with Gasteiger partial charge in [-0.05, 0) is 56.6 Å². The molecule has 1 aliphatic heterocycles. The SMILES string of the molecule is Cc1cc2c(NCC(c3ccc(F)cc3)N3CCCC3)ncnc2[nH]1.